The van der Waals surface area contributed by atoms with Crippen LogP contribution in [0.5, 0.6) is 11.5 Å². The maximum absolute atomic E-state index is 7.03. The SMILES string of the molecule is N=CN=C(N)c1ccc2[nH]nc(-c3ccc4c(c3)OCO4)c2c1. The number of H-pyrrole nitrogens is 1. The molecule has 0 spiro atoms. The van der Waals surface area contributed by atoms with Gasteiger partial charge < -0.3 is 15.2 Å². The second kappa shape index (κ2) is 5.13. The fourth-order valence-corrected chi connectivity index (χ4v) is 2.58. The molecular weight excluding hydrogens is 294 g/mol. The highest BCUT2D eigenvalue weighted by Crippen LogP contribution is 2.37. The van der Waals surface area contributed by atoms with Gasteiger partial charge in [-0.25, -0.2) is 4.99 Å². The first-order valence-electron chi connectivity index (χ1n) is 6.97. The number of hydrogen-bond donors (Lipinski definition) is 3. The van der Waals surface area contributed by atoms with E-state index < -0.39 is 0 Å². The fourth-order valence-electron chi connectivity index (χ4n) is 2.58. The van der Waals surface area contributed by atoms with Crippen LogP contribution in [-0.2, 0) is 0 Å². The van der Waals surface area contributed by atoms with Crippen LogP contribution in [0, 0.1) is 5.41 Å². The molecule has 1 aliphatic rings. The Morgan fingerprint density at radius 3 is 2.96 bits per heavy atom. The van der Waals surface area contributed by atoms with Crippen molar-refractivity contribution in [1.29, 1.82) is 5.41 Å². The Labute approximate surface area is 131 Å². The highest BCUT2D eigenvalue weighted by atomic mass is 16.7. The molecule has 114 valence electrons. The lowest BCUT2D eigenvalue weighted by molar-refractivity contribution is 0.174. The van der Waals surface area contributed by atoms with Crippen molar-refractivity contribution in [3.63, 3.8) is 0 Å². The number of aromatic nitrogens is 2. The summed E-state index contributed by atoms with van der Waals surface area (Å²) >= 11 is 0. The van der Waals surface area contributed by atoms with Crippen LogP contribution >= 0.6 is 0 Å². The Kier molecular flexibility index (Phi) is 2.97. The van der Waals surface area contributed by atoms with Crippen LogP contribution in [0.15, 0.2) is 41.4 Å². The summed E-state index contributed by atoms with van der Waals surface area (Å²) < 4.78 is 10.8. The van der Waals surface area contributed by atoms with Gasteiger partial charge in [0, 0.05) is 16.5 Å². The summed E-state index contributed by atoms with van der Waals surface area (Å²) in [6.07, 6.45) is 0.924. The highest BCUT2D eigenvalue weighted by Gasteiger charge is 2.16. The Balaban J connectivity index is 1.85. The van der Waals surface area contributed by atoms with Crippen molar-refractivity contribution in [3.05, 3.63) is 42.0 Å². The van der Waals surface area contributed by atoms with Crippen LogP contribution in [-0.4, -0.2) is 29.2 Å². The summed E-state index contributed by atoms with van der Waals surface area (Å²) in [6.45, 7) is 0.237. The van der Waals surface area contributed by atoms with E-state index in [0.717, 1.165) is 39.8 Å². The quantitative estimate of drug-likeness (QED) is 0.509. The van der Waals surface area contributed by atoms with Crippen LogP contribution in [0.2, 0.25) is 0 Å². The zero-order chi connectivity index (χ0) is 15.8. The monoisotopic (exact) mass is 307 g/mol. The topological polar surface area (TPSA) is 109 Å². The van der Waals surface area contributed by atoms with Crippen LogP contribution in [0.4, 0.5) is 0 Å². The van der Waals surface area contributed by atoms with Gasteiger partial charge in [0.25, 0.3) is 0 Å². The van der Waals surface area contributed by atoms with Gasteiger partial charge in [-0.2, -0.15) is 5.10 Å². The number of amidine groups is 1. The third kappa shape index (κ3) is 2.18. The molecule has 0 fully saturated rings. The maximum atomic E-state index is 7.03. The Morgan fingerprint density at radius 2 is 2.09 bits per heavy atom. The van der Waals surface area contributed by atoms with Crippen molar-refractivity contribution in [2.45, 2.75) is 0 Å². The maximum Gasteiger partial charge on any atom is 0.231 e. The zero-order valence-corrected chi connectivity index (χ0v) is 12.0. The van der Waals surface area contributed by atoms with E-state index in [1.165, 1.54) is 0 Å². The average molecular weight is 307 g/mol. The minimum Gasteiger partial charge on any atom is -0.454 e. The molecule has 0 unspecified atom stereocenters. The predicted octanol–water partition coefficient (Wildman–Crippen LogP) is 2.27. The molecule has 1 aliphatic heterocycles. The number of aliphatic imine (C=N–C) groups is 1. The lowest BCUT2D eigenvalue weighted by Gasteiger charge is -2.03. The van der Waals surface area contributed by atoms with Crippen molar-refractivity contribution >= 4 is 23.1 Å². The lowest BCUT2D eigenvalue weighted by Crippen LogP contribution is -2.13. The molecule has 0 radical (unpaired) electrons. The number of benzene rings is 2. The van der Waals surface area contributed by atoms with Crippen molar-refractivity contribution in [1.82, 2.24) is 10.2 Å². The second-order valence-electron chi connectivity index (χ2n) is 5.04. The van der Waals surface area contributed by atoms with E-state index in [0.29, 0.717) is 11.6 Å². The Morgan fingerprint density at radius 1 is 1.22 bits per heavy atom. The summed E-state index contributed by atoms with van der Waals surface area (Å²) in [5, 5.41) is 15.3. The number of nitrogens with zero attached hydrogens (tertiary/aromatic N) is 2. The molecule has 7 nitrogen and oxygen atoms in total. The third-order valence-corrected chi connectivity index (χ3v) is 3.71. The van der Waals surface area contributed by atoms with Crippen LogP contribution in [0.3, 0.4) is 0 Å². The molecule has 4 N–H and O–H groups in total. The van der Waals surface area contributed by atoms with Gasteiger partial charge in [-0.05, 0) is 36.4 Å². The Hall–Kier alpha value is -3.35. The molecule has 23 heavy (non-hydrogen) atoms. The van der Waals surface area contributed by atoms with E-state index in [1.54, 1.807) is 0 Å². The standard InChI is InChI=1S/C16H13N5O2/c17-7-19-16(18)10-1-3-12-11(5-10)15(21-20-12)9-2-4-13-14(6-9)23-8-22-13/h1-7H,8H2,(H,20,21)(H3,17,18,19). The summed E-state index contributed by atoms with van der Waals surface area (Å²) in [5.74, 6) is 1.73. The molecule has 0 bridgehead atoms. The first kappa shape index (κ1) is 13.3. The van der Waals surface area contributed by atoms with E-state index in [9.17, 15) is 0 Å². The van der Waals surface area contributed by atoms with Gasteiger partial charge in [0.2, 0.25) is 6.79 Å². The van der Waals surface area contributed by atoms with Gasteiger partial charge >= 0.3 is 0 Å². The number of nitrogens with one attached hydrogen (secondary N) is 2. The normalized spacial score (nSPS) is 13.5. The summed E-state index contributed by atoms with van der Waals surface area (Å²) in [5.41, 5.74) is 9.20. The van der Waals surface area contributed by atoms with Gasteiger partial charge in [-0.1, -0.05) is 0 Å². The number of rotatable bonds is 3. The molecular formula is C16H13N5O2. The molecule has 0 atom stereocenters. The number of hydrogen-bond acceptors (Lipinski definition) is 4. The smallest absolute Gasteiger partial charge is 0.231 e. The van der Waals surface area contributed by atoms with Crippen LogP contribution in [0.25, 0.3) is 22.2 Å². The van der Waals surface area contributed by atoms with E-state index in [4.69, 9.17) is 20.6 Å². The van der Waals surface area contributed by atoms with Crippen molar-refractivity contribution in [2.24, 2.45) is 10.7 Å². The summed E-state index contributed by atoms with van der Waals surface area (Å²) in [4.78, 5) is 3.80. The molecule has 3 aromatic rings. The van der Waals surface area contributed by atoms with Gasteiger partial charge in [0.15, 0.2) is 11.5 Å². The van der Waals surface area contributed by atoms with Crippen LogP contribution in [0.1, 0.15) is 5.56 Å². The first-order valence-corrected chi connectivity index (χ1v) is 6.97. The van der Waals surface area contributed by atoms with Crippen LogP contribution < -0.4 is 15.2 Å². The lowest BCUT2D eigenvalue weighted by atomic mass is 10.0. The van der Waals surface area contributed by atoms with Crippen molar-refractivity contribution < 1.29 is 9.47 Å². The number of fused-ring (bicyclic) bond motifs is 2. The summed E-state index contributed by atoms with van der Waals surface area (Å²) in [6, 6.07) is 11.3. The summed E-state index contributed by atoms with van der Waals surface area (Å²) in [7, 11) is 0. The molecule has 2 aromatic carbocycles. The van der Waals surface area contributed by atoms with E-state index >= 15 is 0 Å². The van der Waals surface area contributed by atoms with E-state index in [-0.39, 0.29) is 6.79 Å². The molecule has 0 saturated carbocycles. The molecule has 2 heterocycles. The van der Waals surface area contributed by atoms with Gasteiger partial charge in [0.05, 0.1) is 5.52 Å². The number of ether oxygens (including phenoxy) is 2. The Bertz CT molecular complexity index is 945. The molecule has 1 aromatic heterocycles. The largest absolute Gasteiger partial charge is 0.454 e. The fraction of sp³-hybridized carbons (Fsp3) is 0.0625. The van der Waals surface area contributed by atoms with Gasteiger partial charge in [-0.3, -0.25) is 10.5 Å². The second-order valence-corrected chi connectivity index (χ2v) is 5.04. The highest BCUT2D eigenvalue weighted by molar-refractivity contribution is 6.05. The molecule has 7 heteroatoms. The van der Waals surface area contributed by atoms with Gasteiger partial charge in [0.1, 0.15) is 17.9 Å². The molecule has 4 rings (SSSR count). The average Bonchev–Trinajstić information content (AvgIpc) is 3.20. The molecule has 0 aliphatic carbocycles. The predicted molar refractivity (Wildman–Crippen MR) is 87.2 cm³/mol. The van der Waals surface area contributed by atoms with E-state index in [1.807, 2.05) is 36.4 Å². The number of nitrogens with two attached hydrogens (primary N) is 1. The number of aromatic amines is 1. The minimum atomic E-state index is 0.237. The van der Waals surface area contributed by atoms with Crippen molar-refractivity contribution in [2.75, 3.05) is 6.79 Å². The van der Waals surface area contributed by atoms with Crippen molar-refractivity contribution in [3.8, 4) is 22.8 Å². The first-order chi connectivity index (χ1) is 11.3. The third-order valence-electron chi connectivity index (χ3n) is 3.71. The van der Waals surface area contributed by atoms with E-state index in [2.05, 4.69) is 15.2 Å². The zero-order valence-electron chi connectivity index (χ0n) is 12.0. The van der Waals surface area contributed by atoms with Gasteiger partial charge in [-0.15, -0.1) is 0 Å². The molecule has 0 saturated heterocycles. The molecule has 0 amide bonds. The minimum absolute atomic E-state index is 0.237.